The van der Waals surface area contributed by atoms with Crippen molar-refractivity contribution in [3.8, 4) is 0 Å². The van der Waals surface area contributed by atoms with Crippen molar-refractivity contribution in [3.63, 3.8) is 0 Å². The Balaban J connectivity index is 1.88. The van der Waals surface area contributed by atoms with E-state index in [1.807, 2.05) is 0 Å². The van der Waals surface area contributed by atoms with Crippen LogP contribution in [0, 0.1) is 5.92 Å². The largest absolute Gasteiger partial charge is 0.243 e. The molecule has 1 heterocycles. The summed E-state index contributed by atoms with van der Waals surface area (Å²) in [6.45, 7) is 11.4. The average molecular weight is 460 g/mol. The summed E-state index contributed by atoms with van der Waals surface area (Å²) in [5, 5.41) is 0. The van der Waals surface area contributed by atoms with Crippen molar-refractivity contribution in [3.05, 3.63) is 30.4 Å². The number of hydrogen-bond acceptors (Lipinski definition) is 0. The fourth-order valence-electron chi connectivity index (χ4n) is 4.72. The second-order valence-electron chi connectivity index (χ2n) is 10.9. The van der Waals surface area contributed by atoms with E-state index < -0.39 is 0 Å². The predicted molar refractivity (Wildman–Crippen MR) is 147 cm³/mol. The number of aryl methyl sites for hydroxylation is 2. The Morgan fingerprint density at radius 3 is 1.79 bits per heavy atom. The molecule has 33 heavy (non-hydrogen) atoms. The maximum absolute atomic E-state index is 2.40. The van der Waals surface area contributed by atoms with E-state index in [1.165, 1.54) is 134 Å². The van der Waals surface area contributed by atoms with E-state index >= 15 is 0 Å². The molecule has 0 aliphatic rings. The fraction of sp³-hybridized carbons (Fsp3) is 0.839. The van der Waals surface area contributed by atoms with Crippen LogP contribution in [0.1, 0.15) is 150 Å². The highest BCUT2D eigenvalue weighted by molar-refractivity contribution is 4.92. The smallest absolute Gasteiger partial charge is 0.237 e. The van der Waals surface area contributed by atoms with Gasteiger partial charge in [0.2, 0.25) is 6.33 Å². The molecule has 0 saturated carbocycles. The fourth-order valence-corrected chi connectivity index (χ4v) is 4.72. The molecule has 1 aromatic rings. The lowest BCUT2D eigenvalue weighted by Gasteiger charge is -2.08. The number of unbranched alkanes of at least 4 members (excludes halogenated alkanes) is 15. The van der Waals surface area contributed by atoms with E-state index in [9.17, 15) is 0 Å². The molecule has 0 bridgehead atoms. The Kier molecular flexibility index (Phi) is 19.5. The number of nitrogens with zero attached hydrogens (tertiary/aromatic N) is 2. The molecule has 0 unspecified atom stereocenters. The highest BCUT2D eigenvalue weighted by Gasteiger charge is 2.07. The summed E-state index contributed by atoms with van der Waals surface area (Å²) in [7, 11) is 0. The molecule has 0 amide bonds. The predicted octanol–water partition coefficient (Wildman–Crippen LogP) is 9.81. The van der Waals surface area contributed by atoms with Gasteiger partial charge in [-0.25, -0.2) is 9.13 Å². The summed E-state index contributed by atoms with van der Waals surface area (Å²) in [5.74, 6) is 0.803. The van der Waals surface area contributed by atoms with Gasteiger partial charge in [-0.2, -0.15) is 0 Å². The molecule has 0 aromatic carbocycles. The minimum atomic E-state index is 0.803. The summed E-state index contributed by atoms with van der Waals surface area (Å²) >= 11 is 0. The van der Waals surface area contributed by atoms with Crippen LogP contribution in [0.2, 0.25) is 0 Å². The zero-order valence-electron chi connectivity index (χ0n) is 23.1. The van der Waals surface area contributed by atoms with E-state index in [0.717, 1.165) is 12.5 Å². The van der Waals surface area contributed by atoms with Crippen LogP contribution in [-0.4, -0.2) is 4.57 Å². The Labute approximate surface area is 208 Å². The Hall–Kier alpha value is -1.05. The summed E-state index contributed by atoms with van der Waals surface area (Å²) in [4.78, 5) is 0. The second-order valence-corrected chi connectivity index (χ2v) is 10.9. The number of hydrogen-bond donors (Lipinski definition) is 0. The molecule has 2 nitrogen and oxygen atoms in total. The zero-order chi connectivity index (χ0) is 24.0. The standard InChI is InChI=1S/C31H59N2/c1-5-6-7-8-9-10-11-12-13-14-15-16-17-18-19-20-25-32-27-28-33(29-32)26-24-31(4)23-21-22-30(2)3/h22,27-29,31H,5-21,23-26H2,1-4H3/q+1/t31-/m1/s1. The van der Waals surface area contributed by atoms with Gasteiger partial charge in [0.25, 0.3) is 0 Å². The van der Waals surface area contributed by atoms with Gasteiger partial charge in [-0.05, 0) is 51.9 Å². The first-order valence-corrected chi connectivity index (χ1v) is 14.8. The van der Waals surface area contributed by atoms with Gasteiger partial charge in [-0.3, -0.25) is 0 Å². The van der Waals surface area contributed by atoms with Crippen molar-refractivity contribution < 1.29 is 4.57 Å². The summed E-state index contributed by atoms with van der Waals surface area (Å²) in [5.41, 5.74) is 1.45. The first kappa shape index (κ1) is 30.0. The second kappa shape index (κ2) is 21.5. The minimum Gasteiger partial charge on any atom is -0.237 e. The van der Waals surface area contributed by atoms with Crippen molar-refractivity contribution in [2.75, 3.05) is 0 Å². The highest BCUT2D eigenvalue weighted by atomic mass is 15.1. The molecule has 0 N–H and O–H groups in total. The third kappa shape index (κ3) is 19.0. The molecular weight excluding hydrogens is 400 g/mol. The summed E-state index contributed by atoms with van der Waals surface area (Å²) in [6, 6.07) is 0. The molecule has 0 fully saturated rings. The molecule has 1 aromatic heterocycles. The Morgan fingerprint density at radius 1 is 0.758 bits per heavy atom. The van der Waals surface area contributed by atoms with Crippen LogP contribution in [0.5, 0.6) is 0 Å². The molecule has 1 atom stereocenters. The van der Waals surface area contributed by atoms with Gasteiger partial charge >= 0.3 is 0 Å². The van der Waals surface area contributed by atoms with Gasteiger partial charge in [0.15, 0.2) is 0 Å². The molecule has 1 rings (SSSR count). The van der Waals surface area contributed by atoms with Crippen LogP contribution in [0.3, 0.4) is 0 Å². The van der Waals surface area contributed by atoms with E-state index in [1.54, 1.807) is 0 Å². The molecule has 192 valence electrons. The lowest BCUT2D eigenvalue weighted by atomic mass is 10.0. The van der Waals surface area contributed by atoms with Crippen LogP contribution in [0.4, 0.5) is 0 Å². The van der Waals surface area contributed by atoms with Crippen LogP contribution in [-0.2, 0) is 13.1 Å². The van der Waals surface area contributed by atoms with Crippen LogP contribution in [0.25, 0.3) is 0 Å². The molecular formula is C31H59N2+. The number of imidazole rings is 1. The number of allylic oxidation sites excluding steroid dienone is 2. The van der Waals surface area contributed by atoms with Crippen LogP contribution >= 0.6 is 0 Å². The zero-order valence-corrected chi connectivity index (χ0v) is 23.1. The highest BCUT2D eigenvalue weighted by Crippen LogP contribution is 2.14. The van der Waals surface area contributed by atoms with Crippen LogP contribution < -0.4 is 4.57 Å². The molecule has 2 heteroatoms. The summed E-state index contributed by atoms with van der Waals surface area (Å²) < 4.78 is 4.77. The van der Waals surface area contributed by atoms with Crippen molar-refractivity contribution in [1.29, 1.82) is 0 Å². The normalized spacial score (nSPS) is 12.2. The van der Waals surface area contributed by atoms with E-state index in [0.29, 0.717) is 0 Å². The number of aromatic nitrogens is 2. The molecule has 0 spiro atoms. The van der Waals surface area contributed by atoms with Crippen molar-refractivity contribution in [2.24, 2.45) is 5.92 Å². The first-order chi connectivity index (χ1) is 16.1. The van der Waals surface area contributed by atoms with Gasteiger partial charge in [0.05, 0.1) is 13.1 Å². The van der Waals surface area contributed by atoms with E-state index in [4.69, 9.17) is 0 Å². The Bertz CT molecular complexity index is 567. The first-order valence-electron chi connectivity index (χ1n) is 14.8. The number of rotatable bonds is 23. The average Bonchev–Trinajstić information content (AvgIpc) is 3.25. The maximum atomic E-state index is 2.40. The van der Waals surface area contributed by atoms with E-state index in [2.05, 4.69) is 61.6 Å². The van der Waals surface area contributed by atoms with Gasteiger partial charge in [0.1, 0.15) is 12.4 Å². The summed E-state index contributed by atoms with van der Waals surface area (Å²) in [6.07, 6.45) is 36.1. The topological polar surface area (TPSA) is 8.81 Å². The third-order valence-electron chi connectivity index (χ3n) is 7.11. The molecule has 0 aliphatic carbocycles. The van der Waals surface area contributed by atoms with Gasteiger partial charge < -0.3 is 0 Å². The van der Waals surface area contributed by atoms with Crippen LogP contribution in [0.15, 0.2) is 30.4 Å². The maximum Gasteiger partial charge on any atom is 0.243 e. The molecule has 0 saturated heterocycles. The van der Waals surface area contributed by atoms with Crippen molar-refractivity contribution in [2.45, 2.75) is 163 Å². The lowest BCUT2D eigenvalue weighted by molar-refractivity contribution is -0.696. The molecule has 0 aliphatic heterocycles. The van der Waals surface area contributed by atoms with Crippen molar-refractivity contribution >= 4 is 0 Å². The van der Waals surface area contributed by atoms with Gasteiger partial charge in [0, 0.05) is 0 Å². The molecule has 0 radical (unpaired) electrons. The third-order valence-corrected chi connectivity index (χ3v) is 7.11. The quantitative estimate of drug-likeness (QED) is 0.0874. The van der Waals surface area contributed by atoms with E-state index in [-0.39, 0.29) is 0 Å². The monoisotopic (exact) mass is 459 g/mol. The minimum absolute atomic E-state index is 0.803. The van der Waals surface area contributed by atoms with Gasteiger partial charge in [-0.1, -0.05) is 115 Å². The Morgan fingerprint density at radius 2 is 1.27 bits per heavy atom. The lowest BCUT2D eigenvalue weighted by Crippen LogP contribution is -2.30. The van der Waals surface area contributed by atoms with Crippen molar-refractivity contribution in [1.82, 2.24) is 4.57 Å². The van der Waals surface area contributed by atoms with Gasteiger partial charge in [-0.15, -0.1) is 0 Å². The SMILES string of the molecule is CCCCCCCCCCCCCCCCCC[n+]1ccn(CC[C@H](C)CCC=C(C)C)c1.